The highest BCUT2D eigenvalue weighted by molar-refractivity contribution is 7.11. The van der Waals surface area contributed by atoms with E-state index in [1.165, 1.54) is 9.75 Å². The summed E-state index contributed by atoms with van der Waals surface area (Å²) >= 11 is 1.77. The highest BCUT2D eigenvalue weighted by Gasteiger charge is 2.10. The van der Waals surface area contributed by atoms with Gasteiger partial charge in [0.05, 0.1) is 6.10 Å². The van der Waals surface area contributed by atoms with E-state index in [1.807, 2.05) is 24.3 Å². The van der Waals surface area contributed by atoms with Crippen LogP contribution in [0.1, 0.15) is 28.3 Å². The molecule has 0 amide bonds. The number of hydrogen-bond acceptors (Lipinski definition) is 3. The smallest absolute Gasteiger partial charge is 0.0839 e. The van der Waals surface area contributed by atoms with E-state index >= 15 is 0 Å². The first-order valence-corrected chi connectivity index (χ1v) is 6.61. The molecule has 2 aromatic rings. The zero-order chi connectivity index (χ0) is 12.3. The van der Waals surface area contributed by atoms with Gasteiger partial charge in [-0.3, -0.25) is 0 Å². The molecule has 2 nitrogen and oxygen atoms in total. The minimum absolute atomic E-state index is 0.471. The van der Waals surface area contributed by atoms with Gasteiger partial charge in [-0.15, -0.1) is 11.3 Å². The number of aliphatic hydroxyl groups excluding tert-OH is 1. The molecule has 1 aromatic carbocycles. The predicted molar refractivity (Wildman–Crippen MR) is 73.2 cm³/mol. The summed E-state index contributed by atoms with van der Waals surface area (Å²) in [6.45, 7) is 2.14. The van der Waals surface area contributed by atoms with Crippen molar-refractivity contribution in [2.24, 2.45) is 0 Å². The van der Waals surface area contributed by atoms with Crippen LogP contribution in [0, 0.1) is 0 Å². The van der Waals surface area contributed by atoms with Crippen molar-refractivity contribution in [1.82, 2.24) is 0 Å². The minimum Gasteiger partial charge on any atom is -0.399 e. The largest absolute Gasteiger partial charge is 0.399 e. The van der Waals surface area contributed by atoms with Gasteiger partial charge in [-0.25, -0.2) is 0 Å². The first-order valence-electron chi connectivity index (χ1n) is 5.80. The van der Waals surface area contributed by atoms with Gasteiger partial charge in [0, 0.05) is 21.9 Å². The van der Waals surface area contributed by atoms with Gasteiger partial charge in [-0.1, -0.05) is 19.1 Å². The Morgan fingerprint density at radius 1 is 1.24 bits per heavy atom. The average molecular weight is 247 g/mol. The van der Waals surface area contributed by atoms with E-state index in [2.05, 4.69) is 19.1 Å². The highest BCUT2D eigenvalue weighted by Crippen LogP contribution is 2.24. The van der Waals surface area contributed by atoms with Crippen molar-refractivity contribution < 1.29 is 5.11 Å². The lowest BCUT2D eigenvalue weighted by atomic mass is 10.1. The maximum Gasteiger partial charge on any atom is 0.0839 e. The van der Waals surface area contributed by atoms with Crippen LogP contribution >= 0.6 is 11.3 Å². The molecule has 0 saturated carbocycles. The highest BCUT2D eigenvalue weighted by atomic mass is 32.1. The van der Waals surface area contributed by atoms with Gasteiger partial charge in [0.1, 0.15) is 0 Å². The average Bonchev–Trinajstić information content (AvgIpc) is 2.77. The molecule has 0 bridgehead atoms. The topological polar surface area (TPSA) is 46.2 Å². The Hall–Kier alpha value is -1.32. The molecule has 0 fully saturated rings. The van der Waals surface area contributed by atoms with Crippen molar-refractivity contribution in [3.8, 4) is 0 Å². The fourth-order valence-electron chi connectivity index (χ4n) is 1.80. The third-order valence-corrected chi connectivity index (χ3v) is 4.01. The molecular weight excluding hydrogens is 230 g/mol. The number of nitrogens with two attached hydrogens (primary N) is 1. The Morgan fingerprint density at radius 2 is 2.00 bits per heavy atom. The van der Waals surface area contributed by atoms with E-state index in [0.29, 0.717) is 12.1 Å². The summed E-state index contributed by atoms with van der Waals surface area (Å²) in [5.74, 6) is 0. The van der Waals surface area contributed by atoms with Gasteiger partial charge in [0.2, 0.25) is 0 Å². The molecule has 1 unspecified atom stereocenters. The quantitative estimate of drug-likeness (QED) is 0.815. The number of thiophene rings is 1. The predicted octanol–water partition coefficient (Wildman–Crippen LogP) is 3.17. The molecule has 17 heavy (non-hydrogen) atoms. The Bertz CT molecular complexity index is 492. The molecule has 1 heterocycles. The fraction of sp³-hybridized carbons (Fsp3) is 0.286. The maximum atomic E-state index is 10.1. The van der Waals surface area contributed by atoms with Gasteiger partial charge in [0.15, 0.2) is 0 Å². The summed E-state index contributed by atoms with van der Waals surface area (Å²) < 4.78 is 0. The van der Waals surface area contributed by atoms with Crippen molar-refractivity contribution in [3.63, 3.8) is 0 Å². The lowest BCUT2D eigenvalue weighted by molar-refractivity contribution is 0.179. The SMILES string of the molecule is CCc1ccc(CC(O)c2cccc(N)c2)s1. The van der Waals surface area contributed by atoms with Crippen LogP contribution in [-0.4, -0.2) is 5.11 Å². The number of benzene rings is 1. The summed E-state index contributed by atoms with van der Waals surface area (Å²) in [4.78, 5) is 2.58. The molecular formula is C14H17NOS. The third kappa shape index (κ3) is 3.08. The summed E-state index contributed by atoms with van der Waals surface area (Å²) in [5.41, 5.74) is 7.29. The summed E-state index contributed by atoms with van der Waals surface area (Å²) in [6, 6.07) is 11.7. The van der Waals surface area contributed by atoms with Gasteiger partial charge in [0.25, 0.3) is 0 Å². The number of hydrogen-bond donors (Lipinski definition) is 2. The Labute approximate surface area is 106 Å². The Kier molecular flexibility index (Phi) is 3.82. The molecule has 0 radical (unpaired) electrons. The van der Waals surface area contributed by atoms with E-state index in [4.69, 9.17) is 5.73 Å². The van der Waals surface area contributed by atoms with Gasteiger partial charge in [-0.2, -0.15) is 0 Å². The molecule has 0 saturated heterocycles. The normalized spacial score (nSPS) is 12.6. The van der Waals surface area contributed by atoms with Gasteiger partial charge >= 0.3 is 0 Å². The second kappa shape index (κ2) is 5.34. The standard InChI is InChI=1S/C14H17NOS/c1-2-12-6-7-13(17-12)9-14(16)10-4-3-5-11(15)8-10/h3-8,14,16H,2,9,15H2,1H3. The van der Waals surface area contributed by atoms with E-state index in [0.717, 1.165) is 12.0 Å². The first kappa shape index (κ1) is 12.1. The van der Waals surface area contributed by atoms with Crippen molar-refractivity contribution in [2.75, 3.05) is 5.73 Å². The number of nitrogen functional groups attached to an aromatic ring is 1. The van der Waals surface area contributed by atoms with Crippen LogP contribution in [0.25, 0.3) is 0 Å². The molecule has 0 spiro atoms. The number of aliphatic hydroxyl groups is 1. The van der Waals surface area contributed by atoms with Crippen LogP contribution in [0.2, 0.25) is 0 Å². The van der Waals surface area contributed by atoms with Crippen LogP contribution in [0.5, 0.6) is 0 Å². The zero-order valence-corrected chi connectivity index (χ0v) is 10.7. The fourth-order valence-corrected chi connectivity index (χ4v) is 2.79. The number of aryl methyl sites for hydroxylation is 1. The molecule has 0 aliphatic carbocycles. The van der Waals surface area contributed by atoms with E-state index in [-0.39, 0.29) is 0 Å². The van der Waals surface area contributed by atoms with Crippen LogP contribution in [0.3, 0.4) is 0 Å². The summed E-state index contributed by atoms with van der Waals surface area (Å²) in [6.07, 6.45) is 1.24. The second-order valence-electron chi connectivity index (χ2n) is 4.11. The van der Waals surface area contributed by atoms with Crippen molar-refractivity contribution in [3.05, 3.63) is 51.7 Å². The molecule has 90 valence electrons. The Morgan fingerprint density at radius 3 is 2.65 bits per heavy atom. The van der Waals surface area contributed by atoms with E-state index in [9.17, 15) is 5.11 Å². The van der Waals surface area contributed by atoms with E-state index in [1.54, 1.807) is 11.3 Å². The summed E-state index contributed by atoms with van der Waals surface area (Å²) in [7, 11) is 0. The summed E-state index contributed by atoms with van der Waals surface area (Å²) in [5, 5.41) is 10.1. The molecule has 1 atom stereocenters. The molecule has 0 aliphatic rings. The first-order chi connectivity index (χ1) is 8.19. The lowest BCUT2D eigenvalue weighted by Gasteiger charge is -2.10. The monoisotopic (exact) mass is 247 g/mol. The van der Waals surface area contributed by atoms with Crippen LogP contribution < -0.4 is 5.73 Å². The lowest BCUT2D eigenvalue weighted by Crippen LogP contribution is -2.01. The number of rotatable bonds is 4. The second-order valence-corrected chi connectivity index (χ2v) is 5.36. The van der Waals surface area contributed by atoms with Crippen LogP contribution in [-0.2, 0) is 12.8 Å². The minimum atomic E-state index is -0.471. The van der Waals surface area contributed by atoms with Crippen LogP contribution in [0.4, 0.5) is 5.69 Å². The third-order valence-electron chi connectivity index (χ3n) is 2.76. The zero-order valence-electron chi connectivity index (χ0n) is 9.89. The van der Waals surface area contributed by atoms with Gasteiger partial charge < -0.3 is 10.8 Å². The van der Waals surface area contributed by atoms with Gasteiger partial charge in [-0.05, 0) is 36.2 Å². The maximum absolute atomic E-state index is 10.1. The van der Waals surface area contributed by atoms with Crippen LogP contribution in [0.15, 0.2) is 36.4 Å². The molecule has 1 aromatic heterocycles. The molecule has 3 heteroatoms. The molecule has 3 N–H and O–H groups in total. The van der Waals surface area contributed by atoms with E-state index < -0.39 is 6.10 Å². The Balaban J connectivity index is 2.08. The van der Waals surface area contributed by atoms with Crippen molar-refractivity contribution in [2.45, 2.75) is 25.9 Å². The molecule has 2 rings (SSSR count). The number of anilines is 1. The van der Waals surface area contributed by atoms with Crippen molar-refractivity contribution in [1.29, 1.82) is 0 Å². The van der Waals surface area contributed by atoms with Crippen molar-refractivity contribution >= 4 is 17.0 Å². The molecule has 0 aliphatic heterocycles.